The van der Waals surface area contributed by atoms with Crippen LogP contribution in [0.25, 0.3) is 6.08 Å². The van der Waals surface area contributed by atoms with Gasteiger partial charge in [-0.3, -0.25) is 4.79 Å². The van der Waals surface area contributed by atoms with Crippen molar-refractivity contribution in [2.24, 2.45) is 0 Å². The molecule has 0 saturated carbocycles. The van der Waals surface area contributed by atoms with Crippen molar-refractivity contribution in [1.82, 2.24) is 0 Å². The summed E-state index contributed by atoms with van der Waals surface area (Å²) in [5, 5.41) is 0. The van der Waals surface area contributed by atoms with Crippen LogP contribution in [0.4, 0.5) is 0 Å². The van der Waals surface area contributed by atoms with Crippen LogP contribution >= 0.6 is 0 Å². The number of allylic oxidation sites excluding steroid dienone is 1. The van der Waals surface area contributed by atoms with Gasteiger partial charge in [-0.1, -0.05) is 60.7 Å². The van der Waals surface area contributed by atoms with Crippen LogP contribution in [0.5, 0.6) is 0 Å². The molecule has 0 aliphatic rings. The predicted molar refractivity (Wildman–Crippen MR) is 71.7 cm³/mol. The van der Waals surface area contributed by atoms with Crippen LogP contribution in [-0.2, 0) is 16.1 Å². The molecule has 18 heavy (non-hydrogen) atoms. The van der Waals surface area contributed by atoms with Crippen LogP contribution in [0.2, 0.25) is 0 Å². The Bertz CT molecular complexity index is 515. The van der Waals surface area contributed by atoms with E-state index in [2.05, 4.69) is 0 Å². The highest BCUT2D eigenvalue weighted by Crippen LogP contribution is 2.09. The van der Waals surface area contributed by atoms with Crippen LogP contribution in [0, 0.1) is 0 Å². The minimum absolute atomic E-state index is 0.338. The maximum absolute atomic E-state index is 10.9. The molecule has 0 N–H and O–H groups in total. The third-order valence-electron chi connectivity index (χ3n) is 2.47. The predicted octanol–water partition coefficient (Wildman–Crippen LogP) is 3.44. The van der Waals surface area contributed by atoms with Gasteiger partial charge in [-0.05, 0) is 17.2 Å². The number of carbonyl (C=O) groups excluding carboxylic acids is 1. The largest absolute Gasteiger partial charge is 0.485 e. The monoisotopic (exact) mass is 238 g/mol. The highest BCUT2D eigenvalue weighted by molar-refractivity contribution is 5.78. The number of rotatable bonds is 5. The Labute approximate surface area is 107 Å². The Kier molecular flexibility index (Phi) is 4.31. The van der Waals surface area contributed by atoms with E-state index in [1.807, 2.05) is 60.7 Å². The van der Waals surface area contributed by atoms with Gasteiger partial charge in [0.1, 0.15) is 6.61 Å². The maximum Gasteiger partial charge on any atom is 0.184 e. The number of carbonyl (C=O) groups is 1. The smallest absolute Gasteiger partial charge is 0.184 e. The van der Waals surface area contributed by atoms with E-state index in [9.17, 15) is 4.79 Å². The zero-order valence-electron chi connectivity index (χ0n) is 9.95. The Balaban J connectivity index is 2.02. The second-order valence-corrected chi connectivity index (χ2v) is 3.85. The fraction of sp³-hybridized carbons (Fsp3) is 0.0625. The van der Waals surface area contributed by atoms with Crippen LogP contribution in [0.15, 0.2) is 66.4 Å². The van der Waals surface area contributed by atoms with E-state index in [1.165, 1.54) is 0 Å². The molecule has 0 fully saturated rings. The number of aldehydes is 1. The molecular formula is C16H14O2. The molecule has 0 aromatic heterocycles. The zero-order valence-corrected chi connectivity index (χ0v) is 9.95. The van der Waals surface area contributed by atoms with Crippen molar-refractivity contribution < 1.29 is 9.53 Å². The molecule has 2 aromatic carbocycles. The van der Waals surface area contributed by atoms with Crippen LogP contribution in [0.3, 0.4) is 0 Å². The van der Waals surface area contributed by atoms with Gasteiger partial charge in [-0.25, -0.2) is 0 Å². The van der Waals surface area contributed by atoms with Gasteiger partial charge in [-0.15, -0.1) is 0 Å². The number of benzene rings is 2. The standard InChI is InChI=1S/C16H14O2/c17-12-16(11-14-7-3-1-4-8-14)18-13-15-9-5-2-6-10-15/h1-12H,13H2. The van der Waals surface area contributed by atoms with E-state index >= 15 is 0 Å². The molecule has 0 saturated heterocycles. The Morgan fingerprint density at radius 3 is 2.17 bits per heavy atom. The normalized spacial score (nSPS) is 11.0. The first-order valence-corrected chi connectivity index (χ1v) is 5.77. The molecule has 2 heteroatoms. The summed E-state index contributed by atoms with van der Waals surface area (Å²) in [4.78, 5) is 10.9. The van der Waals surface area contributed by atoms with E-state index in [4.69, 9.17) is 4.74 Å². The van der Waals surface area contributed by atoms with E-state index < -0.39 is 0 Å². The van der Waals surface area contributed by atoms with Crippen molar-refractivity contribution in [3.05, 3.63) is 77.5 Å². The molecule has 0 radical (unpaired) electrons. The lowest BCUT2D eigenvalue weighted by atomic mass is 10.2. The Hall–Kier alpha value is -2.35. The third-order valence-corrected chi connectivity index (χ3v) is 2.47. The van der Waals surface area contributed by atoms with Crippen LogP contribution < -0.4 is 0 Å². The molecule has 0 amide bonds. The zero-order chi connectivity index (χ0) is 12.6. The van der Waals surface area contributed by atoms with Gasteiger partial charge in [0.25, 0.3) is 0 Å². The maximum atomic E-state index is 10.9. The van der Waals surface area contributed by atoms with Crippen molar-refractivity contribution in [1.29, 1.82) is 0 Å². The molecule has 0 aliphatic carbocycles. The van der Waals surface area contributed by atoms with Gasteiger partial charge in [0, 0.05) is 0 Å². The first-order valence-electron chi connectivity index (χ1n) is 5.77. The van der Waals surface area contributed by atoms with Gasteiger partial charge >= 0.3 is 0 Å². The van der Waals surface area contributed by atoms with Gasteiger partial charge in [-0.2, -0.15) is 0 Å². The van der Waals surface area contributed by atoms with Gasteiger partial charge in [0.15, 0.2) is 12.0 Å². The third kappa shape index (κ3) is 3.59. The van der Waals surface area contributed by atoms with Gasteiger partial charge in [0.05, 0.1) is 0 Å². The van der Waals surface area contributed by atoms with Crippen molar-refractivity contribution in [2.75, 3.05) is 0 Å². The van der Waals surface area contributed by atoms with Gasteiger partial charge < -0.3 is 4.74 Å². The molecule has 2 rings (SSSR count). The first-order chi connectivity index (χ1) is 8.88. The van der Waals surface area contributed by atoms with Crippen molar-refractivity contribution in [3.63, 3.8) is 0 Å². The Morgan fingerprint density at radius 1 is 0.944 bits per heavy atom. The molecule has 0 atom stereocenters. The van der Waals surface area contributed by atoms with Crippen molar-refractivity contribution >= 4 is 12.4 Å². The highest BCUT2D eigenvalue weighted by Gasteiger charge is 1.98. The Morgan fingerprint density at radius 2 is 1.56 bits per heavy atom. The fourth-order valence-corrected chi connectivity index (χ4v) is 1.56. The lowest BCUT2D eigenvalue weighted by molar-refractivity contribution is -0.107. The van der Waals surface area contributed by atoms with E-state index in [0.29, 0.717) is 12.4 Å². The fourth-order valence-electron chi connectivity index (χ4n) is 1.56. The molecule has 0 unspecified atom stereocenters. The topological polar surface area (TPSA) is 26.3 Å². The number of ether oxygens (including phenoxy) is 1. The summed E-state index contributed by atoms with van der Waals surface area (Å²) >= 11 is 0. The SMILES string of the molecule is O=CC(=Cc1ccccc1)OCc1ccccc1. The highest BCUT2D eigenvalue weighted by atomic mass is 16.5. The number of hydrogen-bond acceptors (Lipinski definition) is 2. The summed E-state index contributed by atoms with van der Waals surface area (Å²) in [6.45, 7) is 0.401. The van der Waals surface area contributed by atoms with E-state index in [-0.39, 0.29) is 0 Å². The molecule has 0 heterocycles. The van der Waals surface area contributed by atoms with Crippen molar-refractivity contribution in [3.8, 4) is 0 Å². The minimum atomic E-state index is 0.338. The summed E-state index contributed by atoms with van der Waals surface area (Å²) in [6.07, 6.45) is 2.46. The molecule has 90 valence electrons. The molecule has 0 spiro atoms. The second kappa shape index (κ2) is 6.40. The average Bonchev–Trinajstić information content (AvgIpc) is 2.45. The molecule has 2 nitrogen and oxygen atoms in total. The molecule has 2 aromatic rings. The summed E-state index contributed by atoms with van der Waals surface area (Å²) in [5.41, 5.74) is 1.99. The second-order valence-electron chi connectivity index (χ2n) is 3.85. The van der Waals surface area contributed by atoms with E-state index in [0.717, 1.165) is 17.4 Å². The summed E-state index contributed by atoms with van der Waals surface area (Å²) in [7, 11) is 0. The van der Waals surface area contributed by atoms with Crippen molar-refractivity contribution in [2.45, 2.75) is 6.61 Å². The summed E-state index contributed by atoms with van der Waals surface area (Å²) < 4.78 is 5.47. The van der Waals surface area contributed by atoms with E-state index in [1.54, 1.807) is 6.08 Å². The first kappa shape index (κ1) is 12.1. The summed E-state index contributed by atoms with van der Waals surface area (Å²) in [5.74, 6) is 0.338. The summed E-state index contributed by atoms with van der Waals surface area (Å²) in [6, 6.07) is 19.4. The number of hydrogen-bond donors (Lipinski definition) is 0. The lowest BCUT2D eigenvalue weighted by Gasteiger charge is -2.05. The van der Waals surface area contributed by atoms with Crippen LogP contribution in [0.1, 0.15) is 11.1 Å². The minimum Gasteiger partial charge on any atom is -0.485 e. The molecule has 0 bridgehead atoms. The van der Waals surface area contributed by atoms with Gasteiger partial charge in [0.2, 0.25) is 0 Å². The molecular weight excluding hydrogens is 224 g/mol. The lowest BCUT2D eigenvalue weighted by Crippen LogP contribution is -1.94. The average molecular weight is 238 g/mol. The molecule has 0 aliphatic heterocycles. The quantitative estimate of drug-likeness (QED) is 0.453. The van der Waals surface area contributed by atoms with Crippen LogP contribution in [-0.4, -0.2) is 6.29 Å².